The van der Waals surface area contributed by atoms with Crippen molar-refractivity contribution < 1.29 is 28.1 Å². The van der Waals surface area contributed by atoms with Crippen molar-refractivity contribution in [1.29, 1.82) is 0 Å². The van der Waals surface area contributed by atoms with E-state index in [2.05, 4.69) is 22.6 Å². The molecule has 0 radical (unpaired) electrons. The number of nitrogens with two attached hydrogens (primary N) is 1. The molecule has 0 heterocycles. The van der Waals surface area contributed by atoms with Gasteiger partial charge in [-0.2, -0.15) is 0 Å². The van der Waals surface area contributed by atoms with E-state index in [1.165, 1.54) is 0 Å². The van der Waals surface area contributed by atoms with E-state index >= 15 is 0 Å². The van der Waals surface area contributed by atoms with E-state index in [1.54, 1.807) is 40.7 Å². The van der Waals surface area contributed by atoms with Crippen LogP contribution in [0.2, 0.25) is 5.02 Å². The van der Waals surface area contributed by atoms with Crippen molar-refractivity contribution in [3.05, 3.63) is 32.4 Å². The molecular weight excluding hydrogens is 568 g/mol. The van der Waals surface area contributed by atoms with Crippen LogP contribution in [0.4, 0.5) is 0 Å². The lowest BCUT2D eigenvalue weighted by Gasteiger charge is -2.48. The Morgan fingerprint density at radius 2 is 1.72 bits per heavy atom. The summed E-state index contributed by atoms with van der Waals surface area (Å²) in [5, 5.41) is 0.587. The van der Waals surface area contributed by atoms with E-state index < -0.39 is 43.6 Å². The number of hydrogen-bond donors (Lipinski definition) is 1. The summed E-state index contributed by atoms with van der Waals surface area (Å²) in [7, 11) is -0.589. The Morgan fingerprint density at radius 3 is 2.16 bits per heavy atom. The van der Waals surface area contributed by atoms with Gasteiger partial charge in [-0.25, -0.2) is 4.57 Å². The van der Waals surface area contributed by atoms with Gasteiger partial charge in [-0.1, -0.05) is 17.7 Å². The van der Waals surface area contributed by atoms with Crippen LogP contribution in [0.25, 0.3) is 0 Å². The summed E-state index contributed by atoms with van der Waals surface area (Å²) in [6.45, 7) is 13.0. The van der Waals surface area contributed by atoms with E-state index in [9.17, 15) is 9.36 Å². The largest absolute Gasteiger partial charge is 0.460 e. The Balaban J connectivity index is 3.56. The molecule has 0 saturated carbocycles. The lowest BCUT2D eigenvalue weighted by molar-refractivity contribution is -0.301. The van der Waals surface area contributed by atoms with Gasteiger partial charge in [0.1, 0.15) is 11.2 Å². The molecule has 3 unspecified atom stereocenters. The minimum atomic E-state index is -1.39. The third kappa shape index (κ3) is 7.58. The van der Waals surface area contributed by atoms with E-state index in [1.807, 2.05) is 26.0 Å². The number of hydrogen-bond acceptors (Lipinski definition) is 7. The summed E-state index contributed by atoms with van der Waals surface area (Å²) in [6, 6.07) is 4.57. The first kappa shape index (κ1) is 29.7. The minimum absolute atomic E-state index is 0.0286. The van der Waals surface area contributed by atoms with Gasteiger partial charge in [0.25, 0.3) is 0 Å². The Bertz CT molecular complexity index is 784. The first-order chi connectivity index (χ1) is 14.7. The molecule has 182 valence electrons. The summed E-state index contributed by atoms with van der Waals surface area (Å²) in [6.07, 6.45) is -0.0286. The molecule has 1 aromatic rings. The maximum atomic E-state index is 12.8. The van der Waals surface area contributed by atoms with Crippen LogP contribution in [-0.2, 0) is 28.1 Å². The minimum Gasteiger partial charge on any atom is -0.460 e. The van der Waals surface area contributed by atoms with Crippen LogP contribution < -0.4 is 5.73 Å². The van der Waals surface area contributed by atoms with Gasteiger partial charge in [0.2, 0.25) is 0 Å². The van der Waals surface area contributed by atoms with Crippen molar-refractivity contribution in [2.75, 3.05) is 13.2 Å². The van der Waals surface area contributed by atoms with Crippen molar-refractivity contribution in [2.45, 2.75) is 83.8 Å². The maximum Gasteiger partial charge on any atom is 0.328 e. The molecule has 0 aromatic heterocycles. The molecule has 0 fully saturated rings. The second-order valence-corrected chi connectivity index (χ2v) is 10.6. The zero-order chi connectivity index (χ0) is 24.7. The highest BCUT2D eigenvalue weighted by molar-refractivity contribution is 14.1. The summed E-state index contributed by atoms with van der Waals surface area (Å²) in [5.74, 6) is -2.32. The molecule has 2 N–H and O–H groups in total. The van der Waals surface area contributed by atoms with Crippen LogP contribution in [0.15, 0.2) is 18.2 Å². The zero-order valence-corrected chi connectivity index (χ0v) is 23.5. The quantitative estimate of drug-likeness (QED) is 0.139. The number of ether oxygens (including phenoxy) is 3. The molecule has 32 heavy (non-hydrogen) atoms. The summed E-state index contributed by atoms with van der Waals surface area (Å²) < 4.78 is 35.5. The first-order valence-electron chi connectivity index (χ1n) is 10.5. The van der Waals surface area contributed by atoms with Crippen LogP contribution in [0.1, 0.15) is 66.4 Å². The Kier molecular flexibility index (Phi) is 11.5. The number of carbonyl (C=O) groups excluding carboxylic acids is 1. The van der Waals surface area contributed by atoms with E-state index in [0.717, 1.165) is 9.13 Å². The van der Waals surface area contributed by atoms with E-state index in [-0.39, 0.29) is 6.42 Å². The molecule has 0 bridgehead atoms. The van der Waals surface area contributed by atoms with Crippen molar-refractivity contribution in [1.82, 2.24) is 0 Å². The Morgan fingerprint density at radius 1 is 1.16 bits per heavy atom. The fourth-order valence-electron chi connectivity index (χ4n) is 3.54. The maximum absolute atomic E-state index is 12.8. The Hall–Kier alpha value is -0.350. The molecule has 10 heteroatoms. The average Bonchev–Trinajstić information content (AvgIpc) is 2.67. The monoisotopic (exact) mass is 601 g/mol. The van der Waals surface area contributed by atoms with Crippen LogP contribution in [0.3, 0.4) is 0 Å². The molecule has 0 aliphatic rings. The van der Waals surface area contributed by atoms with Gasteiger partial charge < -0.3 is 19.9 Å². The number of halogens is 2. The predicted octanol–water partition coefficient (Wildman–Crippen LogP) is 5.86. The SMILES string of the molecule is CCOC(C)(OCC)C(C)(OP=O)C(N)C(CC(=O)OC(C)(C)C)c1ccc(Cl)c(I)c1. The zero-order valence-electron chi connectivity index (χ0n) is 19.7. The van der Waals surface area contributed by atoms with Gasteiger partial charge in [-0.15, -0.1) is 0 Å². The molecule has 0 saturated heterocycles. The predicted molar refractivity (Wildman–Crippen MR) is 134 cm³/mol. The molecule has 0 aliphatic heterocycles. The van der Waals surface area contributed by atoms with Crippen molar-refractivity contribution >= 4 is 48.8 Å². The van der Waals surface area contributed by atoms with Crippen molar-refractivity contribution in [3.8, 4) is 0 Å². The average molecular weight is 602 g/mol. The smallest absolute Gasteiger partial charge is 0.328 e. The highest BCUT2D eigenvalue weighted by Crippen LogP contribution is 2.42. The van der Waals surface area contributed by atoms with E-state index in [0.29, 0.717) is 18.2 Å². The van der Waals surface area contributed by atoms with Gasteiger partial charge in [-0.05, 0) is 88.8 Å². The molecule has 0 aliphatic carbocycles. The third-order valence-corrected chi connectivity index (χ3v) is 7.21. The lowest BCUT2D eigenvalue weighted by atomic mass is 9.76. The topological polar surface area (TPSA) is 97.1 Å². The molecule has 0 spiro atoms. The fourth-order valence-corrected chi connectivity index (χ4v) is 4.64. The summed E-state index contributed by atoms with van der Waals surface area (Å²) in [4.78, 5) is 12.8. The second-order valence-electron chi connectivity index (χ2n) is 8.68. The highest BCUT2D eigenvalue weighted by atomic mass is 127. The third-order valence-electron chi connectivity index (χ3n) is 5.22. The first-order valence-corrected chi connectivity index (χ1v) is 12.6. The number of rotatable bonds is 12. The standard InChI is InChI=1S/C22H34ClINO6P/c1-8-28-22(7,29-9-2)21(6,31-32-27)19(25)15(13-18(26)30-20(3,4)5)14-10-11-16(23)17(24)12-14/h10-12,15,19H,8-9,13,25H2,1-7H3. The summed E-state index contributed by atoms with van der Waals surface area (Å²) >= 11 is 8.34. The van der Waals surface area contributed by atoms with Gasteiger partial charge in [-0.3, -0.25) is 9.32 Å². The molecule has 3 atom stereocenters. The summed E-state index contributed by atoms with van der Waals surface area (Å²) in [5.41, 5.74) is 5.52. The van der Waals surface area contributed by atoms with Gasteiger partial charge in [0.05, 0.1) is 11.4 Å². The molecule has 0 amide bonds. The molecule has 7 nitrogen and oxygen atoms in total. The number of benzene rings is 1. The van der Waals surface area contributed by atoms with Gasteiger partial charge in [0, 0.05) is 28.7 Å². The highest BCUT2D eigenvalue weighted by Gasteiger charge is 2.55. The van der Waals surface area contributed by atoms with E-state index in [4.69, 9.17) is 36.1 Å². The second kappa shape index (κ2) is 12.4. The van der Waals surface area contributed by atoms with Gasteiger partial charge >= 0.3 is 14.7 Å². The molecule has 1 aromatic carbocycles. The fraction of sp³-hybridized carbons (Fsp3) is 0.682. The molecular formula is C22H34ClINO6P. The van der Waals surface area contributed by atoms with Crippen molar-refractivity contribution in [3.63, 3.8) is 0 Å². The Labute approximate surface area is 211 Å². The van der Waals surface area contributed by atoms with Crippen LogP contribution >= 0.6 is 42.9 Å². The van der Waals surface area contributed by atoms with Crippen LogP contribution in [0.5, 0.6) is 0 Å². The normalized spacial score (nSPS) is 16.4. The van der Waals surface area contributed by atoms with Crippen LogP contribution in [-0.4, -0.2) is 42.2 Å². The lowest BCUT2D eigenvalue weighted by Crippen LogP contribution is -2.65. The number of carbonyl (C=O) groups is 1. The number of esters is 1. The van der Waals surface area contributed by atoms with Crippen molar-refractivity contribution in [2.24, 2.45) is 5.73 Å². The van der Waals surface area contributed by atoms with Gasteiger partial charge in [0.15, 0.2) is 5.79 Å². The van der Waals surface area contributed by atoms with Crippen LogP contribution in [0, 0.1) is 3.57 Å². The molecule has 1 rings (SSSR count).